The van der Waals surface area contributed by atoms with E-state index in [1.54, 1.807) is 12.1 Å². The highest BCUT2D eigenvalue weighted by Crippen LogP contribution is 2.20. The average Bonchev–Trinajstić information content (AvgIpc) is 2.91. The molecule has 2 aromatic rings. The summed E-state index contributed by atoms with van der Waals surface area (Å²) in [5, 5.41) is 15.5. The smallest absolute Gasteiger partial charge is 0.302 e. The minimum atomic E-state index is -0.405. The third-order valence-electron chi connectivity index (χ3n) is 4.06. The van der Waals surface area contributed by atoms with Gasteiger partial charge in [0.2, 0.25) is 0 Å². The Balaban J connectivity index is 2.23. The van der Waals surface area contributed by atoms with Gasteiger partial charge in [-0.3, -0.25) is 19.6 Å². The summed E-state index contributed by atoms with van der Waals surface area (Å²) in [7, 11) is 0. The number of nitro groups is 1. The number of carbonyl (C=O) groups excluding carboxylic acids is 1. The average molecular weight is 345 g/mol. The van der Waals surface area contributed by atoms with Crippen LogP contribution in [-0.2, 0) is 35.3 Å². The van der Waals surface area contributed by atoms with E-state index in [0.29, 0.717) is 19.6 Å². The van der Waals surface area contributed by atoms with Gasteiger partial charge in [0.25, 0.3) is 5.69 Å². The first-order valence-corrected chi connectivity index (χ1v) is 8.40. The van der Waals surface area contributed by atoms with Crippen molar-refractivity contribution in [2.24, 2.45) is 0 Å². The van der Waals surface area contributed by atoms with Gasteiger partial charge in [-0.1, -0.05) is 26.0 Å². The number of rotatable bonds is 8. The van der Waals surface area contributed by atoms with Gasteiger partial charge in [0.05, 0.1) is 23.8 Å². The molecule has 7 heteroatoms. The Labute approximate surface area is 146 Å². The maximum atomic E-state index is 11.0. The third kappa shape index (κ3) is 4.65. The summed E-state index contributed by atoms with van der Waals surface area (Å²) in [5.41, 5.74) is 4.29. The van der Waals surface area contributed by atoms with Crippen LogP contribution in [0.1, 0.15) is 43.3 Å². The number of esters is 1. The number of nitrogens with zero attached hydrogens (tertiary/aromatic N) is 3. The molecule has 0 fully saturated rings. The molecule has 1 aromatic carbocycles. The van der Waals surface area contributed by atoms with Crippen LogP contribution in [0.5, 0.6) is 0 Å². The molecule has 0 atom stereocenters. The van der Waals surface area contributed by atoms with E-state index in [0.717, 1.165) is 35.4 Å². The predicted molar refractivity (Wildman–Crippen MR) is 93.5 cm³/mol. The zero-order chi connectivity index (χ0) is 18.4. The number of benzene rings is 1. The first-order chi connectivity index (χ1) is 12.0. The number of hydrogen-bond donors (Lipinski definition) is 0. The lowest BCUT2D eigenvalue weighted by Crippen LogP contribution is -2.08. The largest absolute Gasteiger partial charge is 0.466 e. The first-order valence-electron chi connectivity index (χ1n) is 8.40. The van der Waals surface area contributed by atoms with E-state index in [1.807, 2.05) is 11.6 Å². The Hall–Kier alpha value is -2.70. The molecule has 0 N–H and O–H groups in total. The van der Waals surface area contributed by atoms with Crippen LogP contribution >= 0.6 is 0 Å². The molecule has 1 heterocycles. The van der Waals surface area contributed by atoms with Crippen molar-refractivity contribution >= 4 is 11.7 Å². The van der Waals surface area contributed by atoms with Crippen LogP contribution in [0.3, 0.4) is 0 Å². The Morgan fingerprint density at radius 1 is 1.24 bits per heavy atom. The van der Waals surface area contributed by atoms with Crippen LogP contribution in [0.4, 0.5) is 5.69 Å². The SMILES string of the molecule is CCc1nn(Cc2ccc([N+](=O)[O-])cc2)c(CC)c1CCOC(C)=O. The maximum Gasteiger partial charge on any atom is 0.302 e. The van der Waals surface area contributed by atoms with Crippen molar-refractivity contribution in [2.45, 2.75) is 46.6 Å². The summed E-state index contributed by atoms with van der Waals surface area (Å²) in [5.74, 6) is -0.283. The minimum Gasteiger partial charge on any atom is -0.466 e. The number of carbonyl (C=O) groups is 1. The number of nitro benzene ring substituents is 1. The second-order valence-corrected chi connectivity index (χ2v) is 5.75. The lowest BCUT2D eigenvalue weighted by Gasteiger charge is -2.08. The number of ether oxygens (including phenoxy) is 1. The molecule has 0 aliphatic rings. The predicted octanol–water partition coefficient (Wildman–Crippen LogP) is 3.07. The van der Waals surface area contributed by atoms with E-state index in [1.165, 1.54) is 19.1 Å². The van der Waals surface area contributed by atoms with Gasteiger partial charge in [-0.2, -0.15) is 5.10 Å². The lowest BCUT2D eigenvalue weighted by atomic mass is 10.1. The summed E-state index contributed by atoms with van der Waals surface area (Å²) in [6.07, 6.45) is 2.26. The van der Waals surface area contributed by atoms with Crippen LogP contribution < -0.4 is 0 Å². The third-order valence-corrected chi connectivity index (χ3v) is 4.06. The molecule has 134 valence electrons. The molecule has 0 aliphatic heterocycles. The number of hydrogen-bond acceptors (Lipinski definition) is 5. The molecule has 0 spiro atoms. The van der Waals surface area contributed by atoms with E-state index in [2.05, 4.69) is 6.92 Å². The van der Waals surface area contributed by atoms with Crippen LogP contribution in [0.15, 0.2) is 24.3 Å². The molecule has 0 saturated heterocycles. The van der Waals surface area contributed by atoms with Crippen molar-refractivity contribution in [1.82, 2.24) is 9.78 Å². The molecule has 1 aromatic heterocycles. The number of aromatic nitrogens is 2. The van der Waals surface area contributed by atoms with Crippen molar-refractivity contribution < 1.29 is 14.5 Å². The van der Waals surface area contributed by atoms with E-state index in [9.17, 15) is 14.9 Å². The van der Waals surface area contributed by atoms with E-state index < -0.39 is 4.92 Å². The van der Waals surface area contributed by atoms with Gasteiger partial charge in [-0.15, -0.1) is 0 Å². The molecular weight excluding hydrogens is 322 g/mol. The van der Waals surface area contributed by atoms with Gasteiger partial charge < -0.3 is 4.74 Å². The highest BCUT2D eigenvalue weighted by molar-refractivity contribution is 5.65. The van der Waals surface area contributed by atoms with Gasteiger partial charge >= 0.3 is 5.97 Å². The summed E-state index contributed by atoms with van der Waals surface area (Å²) < 4.78 is 7.02. The monoisotopic (exact) mass is 345 g/mol. The summed E-state index contributed by atoms with van der Waals surface area (Å²) in [6, 6.07) is 6.52. The molecule has 0 unspecified atom stereocenters. The Morgan fingerprint density at radius 3 is 2.44 bits per heavy atom. The van der Waals surface area contributed by atoms with E-state index in [-0.39, 0.29) is 11.7 Å². The normalized spacial score (nSPS) is 10.7. The standard InChI is InChI=1S/C18H23N3O4/c1-4-17-16(10-11-25-13(3)22)18(5-2)20(19-17)12-14-6-8-15(9-7-14)21(23)24/h6-9H,4-5,10-12H2,1-3H3. The van der Waals surface area contributed by atoms with Crippen LogP contribution in [0, 0.1) is 10.1 Å². The minimum absolute atomic E-state index is 0.0799. The van der Waals surface area contributed by atoms with Gasteiger partial charge in [0.1, 0.15) is 0 Å². The molecule has 7 nitrogen and oxygen atoms in total. The van der Waals surface area contributed by atoms with Crippen molar-refractivity contribution in [1.29, 1.82) is 0 Å². The fourth-order valence-electron chi connectivity index (χ4n) is 2.88. The van der Waals surface area contributed by atoms with Crippen LogP contribution in [-0.4, -0.2) is 27.3 Å². The van der Waals surface area contributed by atoms with Crippen molar-refractivity contribution in [2.75, 3.05) is 6.61 Å². The van der Waals surface area contributed by atoms with Crippen molar-refractivity contribution in [3.05, 3.63) is 56.9 Å². The van der Waals surface area contributed by atoms with Crippen molar-refractivity contribution in [3.63, 3.8) is 0 Å². The molecule has 2 rings (SSSR count). The second kappa shape index (κ2) is 8.41. The van der Waals surface area contributed by atoms with Crippen molar-refractivity contribution in [3.8, 4) is 0 Å². The highest BCUT2D eigenvalue weighted by atomic mass is 16.6. The highest BCUT2D eigenvalue weighted by Gasteiger charge is 2.16. The van der Waals surface area contributed by atoms with Gasteiger partial charge in [0.15, 0.2) is 0 Å². The summed E-state index contributed by atoms with van der Waals surface area (Å²) >= 11 is 0. The first kappa shape index (κ1) is 18.6. The van der Waals surface area contributed by atoms with Gasteiger partial charge in [0, 0.05) is 31.2 Å². The van der Waals surface area contributed by atoms with Gasteiger partial charge in [-0.25, -0.2) is 0 Å². The quantitative estimate of drug-likeness (QED) is 0.417. The Bertz CT molecular complexity index is 750. The zero-order valence-corrected chi connectivity index (χ0v) is 14.8. The summed E-state index contributed by atoms with van der Waals surface area (Å²) in [6.45, 7) is 6.42. The fraction of sp³-hybridized carbons (Fsp3) is 0.444. The van der Waals surface area contributed by atoms with Crippen LogP contribution in [0.2, 0.25) is 0 Å². The van der Waals surface area contributed by atoms with Gasteiger partial charge in [-0.05, 0) is 24.0 Å². The van der Waals surface area contributed by atoms with E-state index >= 15 is 0 Å². The summed E-state index contributed by atoms with van der Waals surface area (Å²) in [4.78, 5) is 21.3. The Morgan fingerprint density at radius 2 is 1.92 bits per heavy atom. The molecule has 0 bridgehead atoms. The molecular formula is C18H23N3O4. The second-order valence-electron chi connectivity index (χ2n) is 5.75. The lowest BCUT2D eigenvalue weighted by molar-refractivity contribution is -0.384. The van der Waals surface area contributed by atoms with E-state index in [4.69, 9.17) is 9.84 Å². The fourth-order valence-corrected chi connectivity index (χ4v) is 2.88. The topological polar surface area (TPSA) is 87.3 Å². The molecule has 0 radical (unpaired) electrons. The zero-order valence-electron chi connectivity index (χ0n) is 14.8. The molecule has 0 aliphatic carbocycles. The number of aryl methyl sites for hydroxylation is 1. The van der Waals surface area contributed by atoms with Crippen LogP contribution in [0.25, 0.3) is 0 Å². The Kier molecular flexibility index (Phi) is 6.27. The molecule has 0 saturated carbocycles. The maximum absolute atomic E-state index is 11.0. The molecule has 0 amide bonds. The molecule has 25 heavy (non-hydrogen) atoms. The number of non-ortho nitro benzene ring substituents is 1.